The van der Waals surface area contributed by atoms with E-state index in [1.54, 1.807) is 26.0 Å². The molecule has 1 N–H and O–H groups in total. The maximum Gasteiger partial charge on any atom is 0.252 e. The number of tetrazole rings is 1. The summed E-state index contributed by atoms with van der Waals surface area (Å²) in [5.41, 5.74) is 4.66. The number of aromatic nitrogens is 5. The van der Waals surface area contributed by atoms with E-state index in [-0.39, 0.29) is 5.56 Å². The third-order valence-corrected chi connectivity index (χ3v) is 7.10. The van der Waals surface area contributed by atoms with Gasteiger partial charge in [-0.05, 0) is 82.2 Å². The van der Waals surface area contributed by atoms with Crippen LogP contribution in [-0.4, -0.2) is 58.0 Å². The number of benzene rings is 3. The zero-order chi connectivity index (χ0) is 28.8. The van der Waals surface area contributed by atoms with Gasteiger partial charge in [-0.3, -0.25) is 9.69 Å². The summed E-state index contributed by atoms with van der Waals surface area (Å²) in [6, 6.07) is 21.8. The van der Waals surface area contributed by atoms with Crippen molar-refractivity contribution >= 4 is 10.9 Å². The van der Waals surface area contributed by atoms with E-state index in [9.17, 15) is 4.79 Å². The van der Waals surface area contributed by atoms with Gasteiger partial charge in [0.2, 0.25) is 0 Å². The molecule has 0 spiro atoms. The molecular formula is C31H34N6O4. The lowest BCUT2D eigenvalue weighted by Gasteiger charge is -2.22. The maximum absolute atomic E-state index is 13.1. The van der Waals surface area contributed by atoms with Crippen LogP contribution < -0.4 is 19.8 Å². The third kappa shape index (κ3) is 6.72. The Labute approximate surface area is 238 Å². The summed E-state index contributed by atoms with van der Waals surface area (Å²) in [5.74, 6) is 2.87. The molecule has 10 heteroatoms. The lowest BCUT2D eigenvalue weighted by Crippen LogP contribution is -2.30. The fourth-order valence-electron chi connectivity index (χ4n) is 4.82. The van der Waals surface area contributed by atoms with Crippen molar-refractivity contribution in [2.24, 2.45) is 0 Å². The van der Waals surface area contributed by atoms with Crippen LogP contribution in [0.5, 0.6) is 17.2 Å². The van der Waals surface area contributed by atoms with Gasteiger partial charge in [-0.15, -0.1) is 5.10 Å². The molecule has 2 aromatic heterocycles. The van der Waals surface area contributed by atoms with Gasteiger partial charge in [-0.2, -0.15) is 0 Å². The average Bonchev–Trinajstić information content (AvgIpc) is 3.42. The fraction of sp³-hybridized carbons (Fsp3) is 0.290. The minimum Gasteiger partial charge on any atom is -0.497 e. The van der Waals surface area contributed by atoms with Crippen LogP contribution in [0.3, 0.4) is 0 Å². The van der Waals surface area contributed by atoms with Crippen molar-refractivity contribution in [2.45, 2.75) is 33.0 Å². The summed E-state index contributed by atoms with van der Waals surface area (Å²) >= 11 is 0. The van der Waals surface area contributed by atoms with E-state index >= 15 is 0 Å². The van der Waals surface area contributed by atoms with E-state index in [1.807, 2.05) is 73.7 Å². The minimum atomic E-state index is -0.1000. The van der Waals surface area contributed by atoms with Crippen molar-refractivity contribution in [1.29, 1.82) is 0 Å². The molecule has 0 unspecified atom stereocenters. The van der Waals surface area contributed by atoms with Crippen LogP contribution in [0.15, 0.2) is 71.5 Å². The summed E-state index contributed by atoms with van der Waals surface area (Å²) < 4.78 is 17.9. The summed E-state index contributed by atoms with van der Waals surface area (Å²) in [6.07, 6.45) is 0.727. The average molecular weight is 555 g/mol. The van der Waals surface area contributed by atoms with Crippen LogP contribution in [-0.2, 0) is 26.1 Å². The first kappa shape index (κ1) is 27.9. The highest BCUT2D eigenvalue weighted by molar-refractivity contribution is 5.79. The van der Waals surface area contributed by atoms with E-state index in [0.717, 1.165) is 39.8 Å². The van der Waals surface area contributed by atoms with Crippen molar-refractivity contribution in [3.63, 3.8) is 0 Å². The first-order chi connectivity index (χ1) is 19.9. The molecule has 0 fully saturated rings. The summed E-state index contributed by atoms with van der Waals surface area (Å²) in [6.45, 7) is 4.09. The molecule has 41 heavy (non-hydrogen) atoms. The van der Waals surface area contributed by atoms with Crippen molar-refractivity contribution in [1.82, 2.24) is 30.1 Å². The monoisotopic (exact) mass is 554 g/mol. The molecule has 0 aliphatic heterocycles. The molecule has 10 nitrogen and oxygen atoms in total. The Kier molecular flexibility index (Phi) is 8.59. The standard InChI is InChI=1S/C31H34N6O4/c1-21-5-9-24-17-25(31(38)32-27(24)15-21)19-36(14-13-22-8-12-28(40-3)29(16-22)41-4)20-30-33-34-35-37(30)18-23-6-10-26(39-2)11-7-23/h5-12,15-17H,13-14,18-20H2,1-4H3,(H,32,38). The highest BCUT2D eigenvalue weighted by atomic mass is 16.5. The highest BCUT2D eigenvalue weighted by Gasteiger charge is 2.16. The second-order valence-corrected chi connectivity index (χ2v) is 9.97. The molecule has 0 aliphatic rings. The van der Waals surface area contributed by atoms with Crippen LogP contribution in [0.1, 0.15) is 28.1 Å². The number of hydrogen-bond donors (Lipinski definition) is 1. The SMILES string of the molecule is COc1ccc(Cn2nnnc2CN(CCc2ccc(OC)c(OC)c2)Cc2cc3ccc(C)cc3[nH]c2=O)cc1. The van der Waals surface area contributed by atoms with E-state index in [2.05, 4.69) is 25.4 Å². The molecule has 0 bridgehead atoms. The number of pyridine rings is 1. The lowest BCUT2D eigenvalue weighted by atomic mass is 10.1. The topological polar surface area (TPSA) is 107 Å². The minimum absolute atomic E-state index is 0.1000. The predicted octanol–water partition coefficient (Wildman–Crippen LogP) is 4.14. The molecule has 5 aromatic rings. The van der Waals surface area contributed by atoms with Gasteiger partial charge in [0.15, 0.2) is 17.3 Å². The molecule has 0 amide bonds. The largest absolute Gasteiger partial charge is 0.497 e. The number of fused-ring (bicyclic) bond motifs is 1. The number of rotatable bonds is 12. The second-order valence-electron chi connectivity index (χ2n) is 9.97. The van der Waals surface area contributed by atoms with E-state index in [0.29, 0.717) is 49.1 Å². The molecular weight excluding hydrogens is 520 g/mol. The Hall–Kier alpha value is -4.70. The Morgan fingerprint density at radius 1 is 0.854 bits per heavy atom. The molecule has 0 saturated heterocycles. The Balaban J connectivity index is 1.40. The normalized spacial score (nSPS) is 11.2. The van der Waals surface area contributed by atoms with Crippen molar-refractivity contribution in [3.05, 3.63) is 105 Å². The van der Waals surface area contributed by atoms with Gasteiger partial charge in [0.1, 0.15) is 5.75 Å². The summed E-state index contributed by atoms with van der Waals surface area (Å²) in [5, 5.41) is 13.5. The number of nitrogens with one attached hydrogen (secondary N) is 1. The lowest BCUT2D eigenvalue weighted by molar-refractivity contribution is 0.247. The maximum atomic E-state index is 13.1. The van der Waals surface area contributed by atoms with Crippen molar-refractivity contribution < 1.29 is 14.2 Å². The first-order valence-electron chi connectivity index (χ1n) is 13.4. The zero-order valence-corrected chi connectivity index (χ0v) is 23.8. The predicted molar refractivity (Wildman–Crippen MR) is 157 cm³/mol. The fourth-order valence-corrected chi connectivity index (χ4v) is 4.82. The van der Waals surface area contributed by atoms with Crippen molar-refractivity contribution in [3.8, 4) is 17.2 Å². The zero-order valence-electron chi connectivity index (χ0n) is 23.8. The molecule has 0 aliphatic carbocycles. The third-order valence-electron chi connectivity index (χ3n) is 7.10. The van der Waals surface area contributed by atoms with Crippen LogP contribution in [0.2, 0.25) is 0 Å². The number of aromatic amines is 1. The van der Waals surface area contributed by atoms with Gasteiger partial charge < -0.3 is 19.2 Å². The van der Waals surface area contributed by atoms with Crippen LogP contribution in [0, 0.1) is 6.92 Å². The van der Waals surface area contributed by atoms with Crippen LogP contribution in [0.4, 0.5) is 0 Å². The second kappa shape index (κ2) is 12.6. The number of hydrogen-bond acceptors (Lipinski definition) is 8. The van der Waals surface area contributed by atoms with Crippen LogP contribution in [0.25, 0.3) is 10.9 Å². The Morgan fingerprint density at radius 3 is 2.39 bits per heavy atom. The quantitative estimate of drug-likeness (QED) is 0.245. The Morgan fingerprint density at radius 2 is 1.63 bits per heavy atom. The number of ether oxygens (including phenoxy) is 3. The van der Waals surface area contributed by atoms with E-state index in [1.165, 1.54) is 0 Å². The molecule has 2 heterocycles. The van der Waals surface area contributed by atoms with Gasteiger partial charge in [-0.25, -0.2) is 4.68 Å². The number of methoxy groups -OCH3 is 3. The molecule has 0 atom stereocenters. The summed E-state index contributed by atoms with van der Waals surface area (Å²) in [7, 11) is 4.90. The van der Waals surface area contributed by atoms with Crippen molar-refractivity contribution in [2.75, 3.05) is 27.9 Å². The van der Waals surface area contributed by atoms with Gasteiger partial charge in [0.25, 0.3) is 5.56 Å². The van der Waals surface area contributed by atoms with E-state index < -0.39 is 0 Å². The van der Waals surface area contributed by atoms with Gasteiger partial charge >= 0.3 is 0 Å². The van der Waals surface area contributed by atoms with Crippen LogP contribution >= 0.6 is 0 Å². The highest BCUT2D eigenvalue weighted by Crippen LogP contribution is 2.28. The molecule has 5 rings (SSSR count). The molecule has 3 aromatic carbocycles. The number of nitrogens with zero attached hydrogens (tertiary/aromatic N) is 5. The Bertz CT molecular complexity index is 1680. The molecule has 0 radical (unpaired) electrons. The van der Waals surface area contributed by atoms with Gasteiger partial charge in [0.05, 0.1) is 34.4 Å². The smallest absolute Gasteiger partial charge is 0.252 e. The van der Waals surface area contributed by atoms with Gasteiger partial charge in [-0.1, -0.05) is 30.3 Å². The van der Waals surface area contributed by atoms with Gasteiger partial charge in [0, 0.05) is 24.2 Å². The number of aryl methyl sites for hydroxylation is 1. The van der Waals surface area contributed by atoms with E-state index in [4.69, 9.17) is 14.2 Å². The number of H-pyrrole nitrogens is 1. The summed E-state index contributed by atoms with van der Waals surface area (Å²) in [4.78, 5) is 18.3. The molecule has 0 saturated carbocycles. The molecule has 212 valence electrons. The first-order valence-corrected chi connectivity index (χ1v) is 13.4.